The number of hydrogen-bond donors (Lipinski definition) is 3. The summed E-state index contributed by atoms with van der Waals surface area (Å²) >= 11 is 6.67. The topological polar surface area (TPSA) is 104 Å². The Labute approximate surface area is 177 Å². The number of H-pyrrole nitrogens is 2. The molecule has 3 atom stereocenters. The van der Waals surface area contributed by atoms with Crippen LogP contribution in [-0.2, 0) is 0 Å². The molecule has 0 aliphatic carbocycles. The molecule has 4 N–H and O–H groups in total. The third-order valence-corrected chi connectivity index (χ3v) is 6.92. The van der Waals surface area contributed by atoms with Crippen LogP contribution >= 0.6 is 11.6 Å². The minimum atomic E-state index is -0.180. The number of nitrogens with zero attached hydrogens (tertiary/aromatic N) is 3. The first kappa shape index (κ1) is 17.9. The van der Waals surface area contributed by atoms with E-state index in [1.165, 1.54) is 18.9 Å². The van der Waals surface area contributed by atoms with Gasteiger partial charge in [0, 0.05) is 41.5 Å². The minimum Gasteiger partial charge on any atom is -0.349 e. The van der Waals surface area contributed by atoms with Gasteiger partial charge in [-0.1, -0.05) is 23.7 Å². The number of anilines is 1. The van der Waals surface area contributed by atoms with Gasteiger partial charge in [-0.2, -0.15) is 0 Å². The van der Waals surface area contributed by atoms with Crippen LogP contribution in [0.1, 0.15) is 25.7 Å². The van der Waals surface area contributed by atoms with Gasteiger partial charge in [-0.05, 0) is 37.1 Å². The quantitative estimate of drug-likeness (QED) is 0.460. The number of aromatic amines is 2. The normalized spacial score (nSPS) is 23.5. The molecule has 0 amide bonds. The lowest BCUT2D eigenvalue weighted by Crippen LogP contribution is -2.47. The van der Waals surface area contributed by atoms with Crippen LogP contribution < -0.4 is 16.2 Å². The fourth-order valence-electron chi connectivity index (χ4n) is 5.20. The predicted octanol–water partition coefficient (Wildman–Crippen LogP) is 3.58. The van der Waals surface area contributed by atoms with Crippen LogP contribution in [0.4, 0.5) is 5.82 Å². The first-order valence-corrected chi connectivity index (χ1v) is 10.7. The average Bonchev–Trinajstić information content (AvgIpc) is 3.27. The van der Waals surface area contributed by atoms with Crippen molar-refractivity contribution in [1.29, 1.82) is 0 Å². The van der Waals surface area contributed by atoms with Gasteiger partial charge in [0.05, 0.1) is 16.7 Å². The molecule has 152 valence electrons. The molecule has 2 fully saturated rings. The minimum absolute atomic E-state index is 0.180. The first-order valence-electron chi connectivity index (χ1n) is 10.3. The summed E-state index contributed by atoms with van der Waals surface area (Å²) in [7, 11) is 0. The van der Waals surface area contributed by atoms with E-state index in [1.807, 2.05) is 24.5 Å². The van der Waals surface area contributed by atoms with Crippen molar-refractivity contribution in [1.82, 2.24) is 19.9 Å². The predicted molar refractivity (Wildman–Crippen MR) is 119 cm³/mol. The molecular formula is C22H21ClN6O. The molecule has 1 unspecified atom stereocenters. The highest BCUT2D eigenvalue weighted by Crippen LogP contribution is 2.40. The van der Waals surface area contributed by atoms with E-state index in [0.717, 1.165) is 46.3 Å². The van der Waals surface area contributed by atoms with E-state index >= 15 is 0 Å². The summed E-state index contributed by atoms with van der Waals surface area (Å²) in [5.74, 6) is 0.907. The maximum atomic E-state index is 11.8. The number of hydrogen-bond acceptors (Lipinski definition) is 5. The molecule has 0 saturated carbocycles. The maximum Gasteiger partial charge on any atom is 0.248 e. The second kappa shape index (κ2) is 6.55. The largest absolute Gasteiger partial charge is 0.349 e. The van der Waals surface area contributed by atoms with Crippen molar-refractivity contribution in [3.63, 3.8) is 0 Å². The average molecular weight is 421 g/mol. The van der Waals surface area contributed by atoms with E-state index in [9.17, 15) is 4.79 Å². The molecule has 2 saturated heterocycles. The van der Waals surface area contributed by atoms with E-state index < -0.39 is 0 Å². The fourth-order valence-corrected chi connectivity index (χ4v) is 5.53. The number of nitrogens with one attached hydrogen (secondary N) is 2. The summed E-state index contributed by atoms with van der Waals surface area (Å²) in [5.41, 5.74) is 9.83. The molecule has 5 heterocycles. The van der Waals surface area contributed by atoms with Crippen LogP contribution in [0.3, 0.4) is 0 Å². The Morgan fingerprint density at radius 2 is 1.87 bits per heavy atom. The standard InChI is InChI=1S/C22H21ClN6O/c23-19-15(5-1-11-2-6-18(30)28-20(11)19)16-9-26-22-21(16)25-10-17(27-22)29-13-3-4-14(29)8-12(24)7-13/h1-2,5-6,9-10,12-14H,3-4,7-8,24H2,(H,26,27)(H,28,30)/t12?,13-,14+. The van der Waals surface area contributed by atoms with Gasteiger partial charge >= 0.3 is 0 Å². The van der Waals surface area contributed by atoms with Gasteiger partial charge in [0.1, 0.15) is 11.3 Å². The Kier molecular flexibility index (Phi) is 3.91. The molecule has 0 spiro atoms. The van der Waals surface area contributed by atoms with E-state index in [1.54, 1.807) is 6.07 Å². The van der Waals surface area contributed by atoms with Gasteiger partial charge in [-0.15, -0.1) is 0 Å². The van der Waals surface area contributed by atoms with Crippen molar-refractivity contribution < 1.29 is 0 Å². The van der Waals surface area contributed by atoms with Crippen LogP contribution in [0.5, 0.6) is 0 Å². The Hall–Kier alpha value is -2.90. The highest BCUT2D eigenvalue weighted by molar-refractivity contribution is 6.38. The van der Waals surface area contributed by atoms with Gasteiger partial charge in [0.2, 0.25) is 5.56 Å². The highest BCUT2D eigenvalue weighted by atomic mass is 35.5. The van der Waals surface area contributed by atoms with Crippen molar-refractivity contribution in [3.8, 4) is 11.1 Å². The van der Waals surface area contributed by atoms with Crippen LogP contribution in [0, 0.1) is 0 Å². The van der Waals surface area contributed by atoms with Gasteiger partial charge in [0.25, 0.3) is 0 Å². The fraction of sp³-hybridized carbons (Fsp3) is 0.318. The third kappa shape index (κ3) is 2.66. The molecule has 2 bridgehead atoms. The highest BCUT2D eigenvalue weighted by Gasteiger charge is 2.40. The van der Waals surface area contributed by atoms with Crippen LogP contribution in [-0.4, -0.2) is 38.1 Å². The summed E-state index contributed by atoms with van der Waals surface area (Å²) in [5, 5.41) is 1.38. The van der Waals surface area contributed by atoms with Crippen molar-refractivity contribution in [2.45, 2.75) is 43.8 Å². The Morgan fingerprint density at radius 3 is 2.67 bits per heavy atom. The number of pyridine rings is 1. The molecule has 8 heteroatoms. The number of piperidine rings is 1. The van der Waals surface area contributed by atoms with Gasteiger partial charge in [-0.25, -0.2) is 9.97 Å². The second-order valence-electron chi connectivity index (χ2n) is 8.37. The zero-order valence-electron chi connectivity index (χ0n) is 16.2. The summed E-state index contributed by atoms with van der Waals surface area (Å²) in [6.07, 6.45) is 8.09. The second-order valence-corrected chi connectivity index (χ2v) is 8.74. The SMILES string of the molecule is NC1C[C@H]2CC[C@@H](C1)N2c1cnc2c(-c3ccc4ccc(=O)[nH]c4c3Cl)c[nH]c2n1. The van der Waals surface area contributed by atoms with Gasteiger partial charge < -0.3 is 20.6 Å². The summed E-state index contributed by atoms with van der Waals surface area (Å²) < 4.78 is 0. The lowest BCUT2D eigenvalue weighted by Gasteiger charge is -2.38. The molecule has 6 rings (SSSR count). The number of fused-ring (bicyclic) bond motifs is 4. The maximum absolute atomic E-state index is 11.8. The smallest absolute Gasteiger partial charge is 0.248 e. The number of aromatic nitrogens is 4. The van der Waals surface area contributed by atoms with Gasteiger partial charge in [-0.3, -0.25) is 4.79 Å². The number of rotatable bonds is 2. The molecule has 7 nitrogen and oxygen atoms in total. The number of halogens is 1. The summed E-state index contributed by atoms with van der Waals surface area (Å²) in [4.78, 5) is 29.9. The third-order valence-electron chi connectivity index (χ3n) is 6.53. The Morgan fingerprint density at radius 1 is 1.10 bits per heavy atom. The van der Waals surface area contributed by atoms with E-state index in [2.05, 4.69) is 14.9 Å². The van der Waals surface area contributed by atoms with Crippen molar-refractivity contribution in [2.24, 2.45) is 5.73 Å². The first-order chi connectivity index (χ1) is 14.6. The monoisotopic (exact) mass is 420 g/mol. The van der Waals surface area contributed by atoms with Gasteiger partial charge in [0.15, 0.2) is 5.65 Å². The summed E-state index contributed by atoms with van der Waals surface area (Å²) in [6, 6.07) is 8.35. The van der Waals surface area contributed by atoms with E-state index in [-0.39, 0.29) is 11.6 Å². The zero-order valence-corrected chi connectivity index (χ0v) is 17.0. The van der Waals surface area contributed by atoms with E-state index in [4.69, 9.17) is 27.3 Å². The molecule has 2 aliphatic heterocycles. The molecular weight excluding hydrogens is 400 g/mol. The Balaban J connectivity index is 1.44. The zero-order chi connectivity index (χ0) is 20.4. The van der Waals surface area contributed by atoms with Crippen LogP contribution in [0.15, 0.2) is 41.5 Å². The molecule has 0 radical (unpaired) electrons. The molecule has 2 aliphatic rings. The molecule has 4 aromatic rings. The summed E-state index contributed by atoms with van der Waals surface area (Å²) in [6.45, 7) is 0. The van der Waals surface area contributed by atoms with Crippen molar-refractivity contribution in [3.05, 3.63) is 52.0 Å². The van der Waals surface area contributed by atoms with Crippen LogP contribution in [0.2, 0.25) is 5.02 Å². The molecule has 1 aromatic carbocycles. The lowest BCUT2D eigenvalue weighted by atomic mass is 9.98. The lowest BCUT2D eigenvalue weighted by molar-refractivity contribution is 0.412. The van der Waals surface area contributed by atoms with Crippen molar-refractivity contribution >= 4 is 39.5 Å². The Bertz CT molecular complexity index is 1330. The van der Waals surface area contributed by atoms with E-state index in [0.29, 0.717) is 22.6 Å². The van der Waals surface area contributed by atoms with Crippen molar-refractivity contribution in [2.75, 3.05) is 4.90 Å². The molecule has 3 aromatic heterocycles. The number of benzene rings is 1. The number of nitrogens with two attached hydrogens (primary N) is 1. The molecule has 30 heavy (non-hydrogen) atoms. The van der Waals surface area contributed by atoms with Crippen LogP contribution in [0.25, 0.3) is 33.2 Å².